The van der Waals surface area contributed by atoms with E-state index in [4.69, 9.17) is 14.2 Å². The Morgan fingerprint density at radius 3 is 2.86 bits per heavy atom. The first-order valence-electron chi connectivity index (χ1n) is 7.21. The summed E-state index contributed by atoms with van der Waals surface area (Å²) < 4.78 is 15.3. The fourth-order valence-electron chi connectivity index (χ4n) is 2.53. The molecule has 0 unspecified atom stereocenters. The van der Waals surface area contributed by atoms with Crippen molar-refractivity contribution in [2.45, 2.75) is 19.4 Å². The summed E-state index contributed by atoms with van der Waals surface area (Å²) in [7, 11) is 0. The summed E-state index contributed by atoms with van der Waals surface area (Å²) in [6, 6.07) is 7.73. The highest BCUT2D eigenvalue weighted by molar-refractivity contribution is 5.99. The van der Waals surface area contributed by atoms with Gasteiger partial charge in [-0.1, -0.05) is 18.2 Å². The minimum Gasteiger partial charge on any atom is -0.493 e. The molecule has 22 heavy (non-hydrogen) atoms. The van der Waals surface area contributed by atoms with E-state index in [-0.39, 0.29) is 11.7 Å². The van der Waals surface area contributed by atoms with Crippen LogP contribution in [-0.4, -0.2) is 37.7 Å². The predicted molar refractivity (Wildman–Crippen MR) is 78.0 cm³/mol. The number of amides is 1. The van der Waals surface area contributed by atoms with Gasteiger partial charge in [-0.25, -0.2) is 4.79 Å². The molecule has 0 aromatic heterocycles. The van der Waals surface area contributed by atoms with Crippen molar-refractivity contribution in [1.82, 2.24) is 0 Å². The second-order valence-electron chi connectivity index (χ2n) is 5.12. The molecule has 1 atom stereocenters. The lowest BCUT2D eigenvalue weighted by molar-refractivity contribution is -0.154. The van der Waals surface area contributed by atoms with Gasteiger partial charge in [0.05, 0.1) is 0 Å². The highest BCUT2D eigenvalue weighted by Crippen LogP contribution is 2.28. The molecular formula is C16H17NO5. The quantitative estimate of drug-likeness (QED) is 0.790. The SMILES string of the molecule is C[C@@H](OC(=O)C1=COCCO1)C(=O)N1CCc2ccccc21. The van der Waals surface area contributed by atoms with Crippen LogP contribution < -0.4 is 4.90 Å². The van der Waals surface area contributed by atoms with Gasteiger partial charge in [-0.3, -0.25) is 4.79 Å². The maximum Gasteiger partial charge on any atom is 0.377 e. The van der Waals surface area contributed by atoms with Crippen LogP contribution in [0.5, 0.6) is 0 Å². The Bertz CT molecular complexity index is 625. The maximum absolute atomic E-state index is 12.5. The number of esters is 1. The van der Waals surface area contributed by atoms with Gasteiger partial charge in [-0.15, -0.1) is 0 Å². The van der Waals surface area contributed by atoms with Gasteiger partial charge in [0.25, 0.3) is 5.91 Å². The number of rotatable bonds is 3. The second-order valence-corrected chi connectivity index (χ2v) is 5.12. The fraction of sp³-hybridized carbons (Fsp3) is 0.375. The van der Waals surface area contributed by atoms with E-state index in [0.29, 0.717) is 19.8 Å². The van der Waals surface area contributed by atoms with E-state index >= 15 is 0 Å². The van der Waals surface area contributed by atoms with E-state index < -0.39 is 12.1 Å². The Morgan fingerprint density at radius 1 is 1.27 bits per heavy atom. The fourth-order valence-corrected chi connectivity index (χ4v) is 2.53. The average molecular weight is 303 g/mol. The smallest absolute Gasteiger partial charge is 0.377 e. The summed E-state index contributed by atoms with van der Waals surface area (Å²) >= 11 is 0. The zero-order chi connectivity index (χ0) is 15.5. The standard InChI is InChI=1S/C16H17NO5/c1-11(22-16(19)14-10-20-8-9-21-14)15(18)17-7-6-12-4-2-3-5-13(12)17/h2-5,10-11H,6-9H2,1H3/t11-/m1/s1. The number of anilines is 1. The number of ether oxygens (including phenoxy) is 3. The van der Waals surface area contributed by atoms with Gasteiger partial charge >= 0.3 is 5.97 Å². The summed E-state index contributed by atoms with van der Waals surface area (Å²) in [4.78, 5) is 26.0. The van der Waals surface area contributed by atoms with Crippen molar-refractivity contribution in [3.63, 3.8) is 0 Å². The van der Waals surface area contributed by atoms with E-state index in [1.165, 1.54) is 6.26 Å². The Kier molecular flexibility index (Phi) is 4.00. The van der Waals surface area contributed by atoms with Crippen molar-refractivity contribution in [1.29, 1.82) is 0 Å². The molecule has 3 rings (SSSR count). The largest absolute Gasteiger partial charge is 0.493 e. The lowest BCUT2D eigenvalue weighted by atomic mass is 10.2. The van der Waals surface area contributed by atoms with Gasteiger partial charge in [-0.2, -0.15) is 0 Å². The molecule has 0 saturated heterocycles. The number of carbonyl (C=O) groups is 2. The predicted octanol–water partition coefficient (Wildman–Crippen LogP) is 1.40. The molecule has 0 saturated carbocycles. The van der Waals surface area contributed by atoms with Crippen molar-refractivity contribution in [2.24, 2.45) is 0 Å². The van der Waals surface area contributed by atoms with Crippen molar-refractivity contribution in [2.75, 3.05) is 24.7 Å². The first-order valence-corrected chi connectivity index (χ1v) is 7.21. The molecule has 0 bridgehead atoms. The normalized spacial score (nSPS) is 17.7. The number of carbonyl (C=O) groups excluding carboxylic acids is 2. The van der Waals surface area contributed by atoms with Crippen LogP contribution in [0.4, 0.5) is 5.69 Å². The van der Waals surface area contributed by atoms with Gasteiger partial charge < -0.3 is 19.1 Å². The lowest BCUT2D eigenvalue weighted by Crippen LogP contribution is -2.39. The number of para-hydroxylation sites is 1. The summed E-state index contributed by atoms with van der Waals surface area (Å²) in [5, 5.41) is 0. The molecule has 1 aromatic carbocycles. The van der Waals surface area contributed by atoms with Crippen molar-refractivity contribution in [3.8, 4) is 0 Å². The zero-order valence-electron chi connectivity index (χ0n) is 12.3. The third kappa shape index (κ3) is 2.77. The Morgan fingerprint density at radius 2 is 2.09 bits per heavy atom. The number of hydrogen-bond donors (Lipinski definition) is 0. The van der Waals surface area contributed by atoms with E-state index in [1.54, 1.807) is 11.8 Å². The van der Waals surface area contributed by atoms with E-state index in [1.807, 2.05) is 24.3 Å². The summed E-state index contributed by atoms with van der Waals surface area (Å²) in [5.41, 5.74) is 2.01. The lowest BCUT2D eigenvalue weighted by Gasteiger charge is -2.22. The van der Waals surface area contributed by atoms with Crippen LogP contribution in [0.15, 0.2) is 36.3 Å². The van der Waals surface area contributed by atoms with Gasteiger partial charge in [0, 0.05) is 12.2 Å². The molecule has 6 nitrogen and oxygen atoms in total. The summed E-state index contributed by atoms with van der Waals surface area (Å²) in [5.74, 6) is -0.934. The number of hydrogen-bond acceptors (Lipinski definition) is 5. The molecule has 1 amide bonds. The van der Waals surface area contributed by atoms with Crippen LogP contribution in [-0.2, 0) is 30.2 Å². The zero-order valence-corrected chi connectivity index (χ0v) is 12.3. The first kappa shape index (κ1) is 14.4. The topological polar surface area (TPSA) is 65.1 Å². The minimum atomic E-state index is -0.884. The van der Waals surface area contributed by atoms with Crippen LogP contribution in [0.2, 0.25) is 0 Å². The second kappa shape index (κ2) is 6.09. The monoisotopic (exact) mass is 303 g/mol. The third-order valence-corrected chi connectivity index (χ3v) is 3.64. The van der Waals surface area contributed by atoms with Gasteiger partial charge in [-0.05, 0) is 25.0 Å². The Balaban J connectivity index is 1.65. The first-order chi connectivity index (χ1) is 10.7. The van der Waals surface area contributed by atoms with Gasteiger partial charge in [0.2, 0.25) is 5.76 Å². The molecule has 2 heterocycles. The average Bonchev–Trinajstić information content (AvgIpc) is 2.99. The summed E-state index contributed by atoms with van der Waals surface area (Å²) in [6.07, 6.45) is 1.14. The molecule has 6 heteroatoms. The molecule has 0 radical (unpaired) electrons. The molecule has 116 valence electrons. The molecule has 0 spiro atoms. The maximum atomic E-state index is 12.5. The van der Waals surface area contributed by atoms with Crippen molar-refractivity contribution >= 4 is 17.6 Å². The van der Waals surface area contributed by atoms with Gasteiger partial charge in [0.15, 0.2) is 6.10 Å². The number of nitrogens with zero attached hydrogens (tertiary/aromatic N) is 1. The van der Waals surface area contributed by atoms with Crippen LogP contribution in [0, 0.1) is 0 Å². The van der Waals surface area contributed by atoms with Crippen LogP contribution >= 0.6 is 0 Å². The van der Waals surface area contributed by atoms with E-state index in [2.05, 4.69) is 0 Å². The van der Waals surface area contributed by atoms with Crippen molar-refractivity contribution in [3.05, 3.63) is 41.9 Å². The molecule has 0 N–H and O–H groups in total. The Labute approximate surface area is 128 Å². The molecule has 2 aliphatic rings. The van der Waals surface area contributed by atoms with Gasteiger partial charge in [0.1, 0.15) is 19.5 Å². The van der Waals surface area contributed by atoms with E-state index in [0.717, 1.165) is 17.7 Å². The molecule has 0 fully saturated rings. The third-order valence-electron chi connectivity index (χ3n) is 3.64. The Hall–Kier alpha value is -2.50. The van der Waals surface area contributed by atoms with Crippen LogP contribution in [0.3, 0.4) is 0 Å². The van der Waals surface area contributed by atoms with Crippen LogP contribution in [0.1, 0.15) is 12.5 Å². The molecular weight excluding hydrogens is 286 g/mol. The van der Waals surface area contributed by atoms with Crippen molar-refractivity contribution < 1.29 is 23.8 Å². The summed E-state index contributed by atoms with van der Waals surface area (Å²) in [6.45, 7) is 2.85. The van der Waals surface area contributed by atoms with Crippen LogP contribution in [0.25, 0.3) is 0 Å². The number of fused-ring (bicyclic) bond motifs is 1. The highest BCUT2D eigenvalue weighted by atomic mass is 16.6. The number of benzene rings is 1. The molecule has 1 aromatic rings. The molecule has 2 aliphatic heterocycles. The minimum absolute atomic E-state index is 0.00674. The molecule has 0 aliphatic carbocycles. The van der Waals surface area contributed by atoms with E-state index in [9.17, 15) is 9.59 Å². The highest BCUT2D eigenvalue weighted by Gasteiger charge is 2.31.